The quantitative estimate of drug-likeness (QED) is 0.157. The van der Waals surface area contributed by atoms with E-state index in [1.807, 2.05) is 0 Å². The maximum absolute atomic E-state index is 5.65. The summed E-state index contributed by atoms with van der Waals surface area (Å²) in [6, 6.07) is 79.0. The molecular formula is C61H42N2. The third-order valence-electron chi connectivity index (χ3n) is 13.2. The molecule has 2 nitrogen and oxygen atoms in total. The number of hydrogen-bond donors (Lipinski definition) is 0. The van der Waals surface area contributed by atoms with E-state index in [0.29, 0.717) is 0 Å². The number of hydrogen-bond acceptors (Lipinski definition) is 2. The molecule has 12 rings (SSSR count). The van der Waals surface area contributed by atoms with Gasteiger partial charge in [0.05, 0.1) is 11.4 Å². The van der Waals surface area contributed by atoms with Crippen molar-refractivity contribution in [2.45, 2.75) is 19.3 Å². The molecule has 0 amide bonds. The fourth-order valence-corrected chi connectivity index (χ4v) is 10.3. The van der Waals surface area contributed by atoms with E-state index in [2.05, 4.69) is 232 Å². The highest BCUT2D eigenvalue weighted by atomic mass is 14.9. The molecule has 0 saturated carbocycles. The van der Waals surface area contributed by atoms with Crippen LogP contribution in [0, 0.1) is 0 Å². The van der Waals surface area contributed by atoms with Gasteiger partial charge in [-0.05, 0) is 113 Å². The minimum absolute atomic E-state index is 0.375. The van der Waals surface area contributed by atoms with Crippen LogP contribution in [0.15, 0.2) is 218 Å². The van der Waals surface area contributed by atoms with Crippen molar-refractivity contribution >= 4 is 32.3 Å². The van der Waals surface area contributed by atoms with E-state index in [-0.39, 0.29) is 5.41 Å². The first-order valence-electron chi connectivity index (χ1n) is 21.8. The Balaban J connectivity index is 1.05. The van der Waals surface area contributed by atoms with Crippen molar-refractivity contribution in [2.24, 2.45) is 0 Å². The molecule has 63 heavy (non-hydrogen) atoms. The first kappa shape index (κ1) is 36.9. The molecular weight excluding hydrogens is 761 g/mol. The van der Waals surface area contributed by atoms with Gasteiger partial charge in [0, 0.05) is 27.7 Å². The molecule has 1 heterocycles. The summed E-state index contributed by atoms with van der Waals surface area (Å²) in [5, 5.41) is 7.39. The third kappa shape index (κ3) is 6.09. The molecule has 0 aliphatic heterocycles. The van der Waals surface area contributed by atoms with Gasteiger partial charge in [0.1, 0.15) is 0 Å². The molecule has 0 spiro atoms. The van der Waals surface area contributed by atoms with Crippen LogP contribution in [0.5, 0.6) is 0 Å². The molecule has 296 valence electrons. The minimum atomic E-state index is -0.375. The number of rotatable bonds is 6. The van der Waals surface area contributed by atoms with Crippen molar-refractivity contribution < 1.29 is 0 Å². The summed E-state index contributed by atoms with van der Waals surface area (Å²) in [4.78, 5) is 11.3. The second-order valence-corrected chi connectivity index (χ2v) is 17.3. The largest absolute Gasteiger partial charge is 0.228 e. The highest BCUT2D eigenvalue weighted by Gasteiger charge is 2.43. The highest BCUT2D eigenvalue weighted by Crippen LogP contribution is 2.56. The molecule has 0 saturated heterocycles. The van der Waals surface area contributed by atoms with E-state index in [0.717, 1.165) is 45.0 Å². The molecule has 0 fully saturated rings. The first-order valence-corrected chi connectivity index (χ1v) is 21.8. The lowest BCUT2D eigenvalue weighted by Gasteiger charge is -2.26. The maximum atomic E-state index is 5.65. The van der Waals surface area contributed by atoms with Crippen LogP contribution in [0.25, 0.3) is 111 Å². The van der Waals surface area contributed by atoms with Crippen LogP contribution in [-0.4, -0.2) is 9.97 Å². The van der Waals surface area contributed by atoms with Crippen molar-refractivity contribution in [1.82, 2.24) is 9.97 Å². The van der Waals surface area contributed by atoms with Gasteiger partial charge in [-0.25, -0.2) is 9.97 Å². The zero-order valence-corrected chi connectivity index (χ0v) is 35.2. The van der Waals surface area contributed by atoms with Crippen LogP contribution >= 0.6 is 0 Å². The normalized spacial score (nSPS) is 12.7. The number of nitrogens with zero attached hydrogens (tertiary/aromatic N) is 2. The van der Waals surface area contributed by atoms with Gasteiger partial charge in [-0.15, -0.1) is 0 Å². The van der Waals surface area contributed by atoms with Gasteiger partial charge >= 0.3 is 0 Å². The third-order valence-corrected chi connectivity index (χ3v) is 13.2. The van der Waals surface area contributed by atoms with Crippen LogP contribution in [-0.2, 0) is 5.41 Å². The first-order chi connectivity index (χ1) is 31.0. The predicted molar refractivity (Wildman–Crippen MR) is 265 cm³/mol. The average molecular weight is 803 g/mol. The number of benzene rings is 10. The molecule has 1 aliphatic rings. The lowest BCUT2D eigenvalue weighted by molar-refractivity contribution is 0.664. The lowest BCUT2D eigenvalue weighted by atomic mass is 9.77. The standard InChI is InChI=1S/C61H42N2/c1-61(2)56-53-32-14-12-30-51(53)50-29-11-13-31-52(50)55(56)59-57(61)58(54-33-17-23-41-22-9-10-28-49(41)54)62-60(63-59)45-27-16-25-43(35-45)42-24-15-26-44(34-42)48-37-46(39-18-5-3-6-19-39)36-47(38-48)40-20-7-4-8-21-40/h3-38H,1-2H3. The Bertz CT molecular complexity index is 3520. The zero-order chi connectivity index (χ0) is 42.1. The Labute approximate surface area is 367 Å². The van der Waals surface area contributed by atoms with Gasteiger partial charge in [-0.2, -0.15) is 0 Å². The minimum Gasteiger partial charge on any atom is -0.228 e. The predicted octanol–water partition coefficient (Wildman–Crippen LogP) is 16.2. The molecule has 0 N–H and O–H groups in total. The van der Waals surface area contributed by atoms with E-state index >= 15 is 0 Å². The smallest absolute Gasteiger partial charge is 0.160 e. The van der Waals surface area contributed by atoms with Crippen LogP contribution in [0.4, 0.5) is 0 Å². The summed E-state index contributed by atoms with van der Waals surface area (Å²) in [6.07, 6.45) is 0. The second kappa shape index (κ2) is 14.6. The molecule has 2 heteroatoms. The van der Waals surface area contributed by atoms with E-state index in [4.69, 9.17) is 9.97 Å². The SMILES string of the molecule is CC1(C)c2c(-c3cccc4ccccc34)nc(-c3cccc(-c4cccc(-c5cc(-c6ccccc6)cc(-c6ccccc6)c5)c4)c3)nc2-c2c1c1ccccc1c1ccccc21. The topological polar surface area (TPSA) is 25.8 Å². The number of fused-ring (bicyclic) bond motifs is 9. The zero-order valence-electron chi connectivity index (χ0n) is 35.2. The second-order valence-electron chi connectivity index (χ2n) is 17.3. The maximum Gasteiger partial charge on any atom is 0.160 e. The Morgan fingerprint density at radius 3 is 1.37 bits per heavy atom. The van der Waals surface area contributed by atoms with Crippen LogP contribution in [0.2, 0.25) is 0 Å². The lowest BCUT2D eigenvalue weighted by Crippen LogP contribution is -2.18. The van der Waals surface area contributed by atoms with Crippen molar-refractivity contribution in [2.75, 3.05) is 0 Å². The molecule has 10 aromatic carbocycles. The van der Waals surface area contributed by atoms with E-state index in [1.54, 1.807) is 0 Å². The van der Waals surface area contributed by atoms with E-state index in [9.17, 15) is 0 Å². The molecule has 1 aliphatic carbocycles. The summed E-state index contributed by atoms with van der Waals surface area (Å²) >= 11 is 0. The monoisotopic (exact) mass is 802 g/mol. The van der Waals surface area contributed by atoms with Gasteiger partial charge in [0.2, 0.25) is 0 Å². The number of aromatic nitrogens is 2. The van der Waals surface area contributed by atoms with Gasteiger partial charge < -0.3 is 0 Å². The van der Waals surface area contributed by atoms with E-state index in [1.165, 1.54) is 76.8 Å². The fourth-order valence-electron chi connectivity index (χ4n) is 10.3. The molecule has 1 aromatic heterocycles. The van der Waals surface area contributed by atoms with Crippen molar-refractivity contribution in [3.8, 4) is 78.4 Å². The summed E-state index contributed by atoms with van der Waals surface area (Å²) in [5.74, 6) is 0.721. The summed E-state index contributed by atoms with van der Waals surface area (Å²) < 4.78 is 0. The van der Waals surface area contributed by atoms with Crippen molar-refractivity contribution in [1.29, 1.82) is 0 Å². The Morgan fingerprint density at radius 2 is 0.714 bits per heavy atom. The van der Waals surface area contributed by atoms with E-state index < -0.39 is 0 Å². The molecule has 0 unspecified atom stereocenters. The molecule has 0 radical (unpaired) electrons. The van der Waals surface area contributed by atoms with Crippen molar-refractivity contribution in [3.05, 3.63) is 230 Å². The Kier molecular flexibility index (Phi) is 8.55. The summed E-state index contributed by atoms with van der Waals surface area (Å²) in [6.45, 7) is 4.73. The van der Waals surface area contributed by atoms with Gasteiger partial charge in [0.25, 0.3) is 0 Å². The highest BCUT2D eigenvalue weighted by molar-refractivity contribution is 6.18. The molecule has 0 atom stereocenters. The summed E-state index contributed by atoms with van der Waals surface area (Å²) in [5.41, 5.74) is 16.8. The van der Waals surface area contributed by atoms with Crippen molar-refractivity contribution in [3.63, 3.8) is 0 Å². The van der Waals surface area contributed by atoms with Crippen LogP contribution < -0.4 is 0 Å². The van der Waals surface area contributed by atoms with Gasteiger partial charge in [-0.3, -0.25) is 0 Å². The van der Waals surface area contributed by atoms with Gasteiger partial charge in [-0.1, -0.05) is 202 Å². The average Bonchev–Trinajstić information content (AvgIpc) is 3.60. The molecule has 0 bridgehead atoms. The fraction of sp³-hybridized carbons (Fsp3) is 0.0492. The molecule has 11 aromatic rings. The van der Waals surface area contributed by atoms with Gasteiger partial charge in [0.15, 0.2) is 5.82 Å². The Morgan fingerprint density at radius 1 is 0.302 bits per heavy atom. The Hall–Kier alpha value is -7.94. The van der Waals surface area contributed by atoms with Crippen LogP contribution in [0.1, 0.15) is 25.0 Å². The van der Waals surface area contributed by atoms with Crippen LogP contribution in [0.3, 0.4) is 0 Å². The summed E-state index contributed by atoms with van der Waals surface area (Å²) in [7, 11) is 0.